The summed E-state index contributed by atoms with van der Waals surface area (Å²) >= 11 is 4.95. The van der Waals surface area contributed by atoms with E-state index in [1.807, 2.05) is 35.7 Å². The van der Waals surface area contributed by atoms with Crippen molar-refractivity contribution < 1.29 is 9.90 Å². The van der Waals surface area contributed by atoms with Gasteiger partial charge in [-0.25, -0.2) is 0 Å². The number of halogens is 1. The summed E-state index contributed by atoms with van der Waals surface area (Å²) in [6, 6.07) is 9.92. The van der Waals surface area contributed by atoms with Crippen LogP contribution in [-0.2, 0) is 11.2 Å². The number of carboxylic acid groups (broad SMARTS) is 1. The highest BCUT2D eigenvalue weighted by molar-refractivity contribution is 9.10. The van der Waals surface area contributed by atoms with Crippen molar-refractivity contribution in [3.05, 3.63) is 45.7 Å². The van der Waals surface area contributed by atoms with Crippen molar-refractivity contribution in [3.63, 3.8) is 0 Å². The summed E-state index contributed by atoms with van der Waals surface area (Å²) in [5.74, 6) is -0.792. The second kappa shape index (κ2) is 4.80. The second-order valence-electron chi connectivity index (χ2n) is 3.40. The maximum Gasteiger partial charge on any atom is 0.307 e. The summed E-state index contributed by atoms with van der Waals surface area (Å²) < 4.78 is 1.04. The van der Waals surface area contributed by atoms with E-state index in [4.69, 9.17) is 5.11 Å². The third-order valence-corrected chi connectivity index (χ3v) is 3.69. The fraction of sp³-hybridized carbons (Fsp3) is 0.0833. The minimum Gasteiger partial charge on any atom is -0.481 e. The minimum absolute atomic E-state index is 0.0903. The molecule has 1 heterocycles. The number of hydrogen-bond donors (Lipinski definition) is 1. The van der Waals surface area contributed by atoms with Gasteiger partial charge in [0, 0.05) is 9.35 Å². The van der Waals surface area contributed by atoms with Gasteiger partial charge in [0.2, 0.25) is 0 Å². The van der Waals surface area contributed by atoms with Crippen LogP contribution in [0.15, 0.2) is 40.2 Å². The lowest BCUT2D eigenvalue weighted by Crippen LogP contribution is -1.97. The van der Waals surface area contributed by atoms with Gasteiger partial charge in [-0.2, -0.15) is 0 Å². The third kappa shape index (κ3) is 2.71. The Hall–Kier alpha value is -1.13. The Bertz CT molecular complexity index is 502. The van der Waals surface area contributed by atoms with E-state index in [2.05, 4.69) is 15.9 Å². The normalized spacial score (nSPS) is 10.3. The molecule has 4 heteroatoms. The Balaban J connectivity index is 2.24. The molecule has 0 aliphatic rings. The first-order valence-corrected chi connectivity index (χ1v) is 6.37. The number of thiophene rings is 1. The predicted molar refractivity (Wildman–Crippen MR) is 68.8 cm³/mol. The summed E-state index contributed by atoms with van der Waals surface area (Å²) in [6.45, 7) is 0. The van der Waals surface area contributed by atoms with Crippen molar-refractivity contribution in [1.82, 2.24) is 0 Å². The number of aliphatic carboxylic acids is 1. The van der Waals surface area contributed by atoms with Crippen LogP contribution < -0.4 is 0 Å². The Morgan fingerprint density at radius 1 is 1.31 bits per heavy atom. The van der Waals surface area contributed by atoms with Crippen LogP contribution in [0.2, 0.25) is 0 Å². The molecule has 2 aromatic rings. The van der Waals surface area contributed by atoms with Gasteiger partial charge in [-0.1, -0.05) is 28.1 Å². The molecular weight excluding hydrogens is 288 g/mol. The Kier molecular flexibility index (Phi) is 3.41. The van der Waals surface area contributed by atoms with E-state index >= 15 is 0 Å². The van der Waals surface area contributed by atoms with Gasteiger partial charge in [-0.3, -0.25) is 4.79 Å². The average molecular weight is 297 g/mol. The summed E-state index contributed by atoms with van der Waals surface area (Å²) in [6.07, 6.45) is 0.0903. The largest absolute Gasteiger partial charge is 0.481 e. The molecule has 0 aliphatic heterocycles. The van der Waals surface area contributed by atoms with Crippen LogP contribution in [0.5, 0.6) is 0 Å². The second-order valence-corrected chi connectivity index (χ2v) is 5.22. The van der Waals surface area contributed by atoms with E-state index in [1.165, 1.54) is 0 Å². The fourth-order valence-corrected chi connectivity index (χ4v) is 2.59. The van der Waals surface area contributed by atoms with Gasteiger partial charge in [-0.15, -0.1) is 11.3 Å². The van der Waals surface area contributed by atoms with E-state index in [0.29, 0.717) is 0 Å². The zero-order valence-corrected chi connectivity index (χ0v) is 10.7. The molecule has 0 amide bonds. The summed E-state index contributed by atoms with van der Waals surface area (Å²) in [5, 5.41) is 10.6. The van der Waals surface area contributed by atoms with E-state index in [9.17, 15) is 4.79 Å². The van der Waals surface area contributed by atoms with Crippen LogP contribution >= 0.6 is 27.3 Å². The highest BCUT2D eigenvalue weighted by Crippen LogP contribution is 2.28. The minimum atomic E-state index is -0.792. The zero-order chi connectivity index (χ0) is 11.5. The first kappa shape index (κ1) is 11.4. The van der Waals surface area contributed by atoms with Gasteiger partial charge in [0.1, 0.15) is 0 Å². The standard InChI is InChI=1S/C12H9BrO2S/c13-10-3-1-9(2-4-10)11-5-8(7-16-11)6-12(14)15/h1-5,7H,6H2,(H,14,15). The number of rotatable bonds is 3. The Labute approximate surface area is 106 Å². The lowest BCUT2D eigenvalue weighted by molar-refractivity contribution is -0.136. The van der Waals surface area contributed by atoms with Crippen LogP contribution in [0.3, 0.4) is 0 Å². The van der Waals surface area contributed by atoms with Gasteiger partial charge < -0.3 is 5.11 Å². The van der Waals surface area contributed by atoms with Crippen LogP contribution in [0.4, 0.5) is 0 Å². The summed E-state index contributed by atoms with van der Waals surface area (Å²) in [5.41, 5.74) is 1.97. The highest BCUT2D eigenvalue weighted by Gasteiger charge is 2.05. The van der Waals surface area contributed by atoms with Crippen molar-refractivity contribution in [1.29, 1.82) is 0 Å². The molecule has 0 fully saturated rings. The Morgan fingerprint density at radius 2 is 2.00 bits per heavy atom. The zero-order valence-electron chi connectivity index (χ0n) is 8.31. The first-order chi connectivity index (χ1) is 7.65. The van der Waals surface area contributed by atoms with Crippen molar-refractivity contribution >= 4 is 33.2 Å². The fourth-order valence-electron chi connectivity index (χ4n) is 1.41. The van der Waals surface area contributed by atoms with E-state index < -0.39 is 5.97 Å². The number of carboxylic acids is 1. The van der Waals surface area contributed by atoms with Crippen LogP contribution in [-0.4, -0.2) is 11.1 Å². The van der Waals surface area contributed by atoms with Crippen molar-refractivity contribution in [3.8, 4) is 10.4 Å². The quantitative estimate of drug-likeness (QED) is 0.935. The molecule has 1 N–H and O–H groups in total. The van der Waals surface area contributed by atoms with Crippen molar-refractivity contribution in [2.45, 2.75) is 6.42 Å². The van der Waals surface area contributed by atoms with E-state index in [-0.39, 0.29) is 6.42 Å². The lowest BCUT2D eigenvalue weighted by atomic mass is 10.1. The molecule has 1 aromatic heterocycles. The Morgan fingerprint density at radius 3 is 2.62 bits per heavy atom. The van der Waals surface area contributed by atoms with Crippen molar-refractivity contribution in [2.75, 3.05) is 0 Å². The van der Waals surface area contributed by atoms with Crippen LogP contribution in [0.25, 0.3) is 10.4 Å². The topological polar surface area (TPSA) is 37.3 Å². The van der Waals surface area contributed by atoms with E-state index in [1.54, 1.807) is 11.3 Å². The molecule has 16 heavy (non-hydrogen) atoms. The van der Waals surface area contributed by atoms with Gasteiger partial charge in [0.05, 0.1) is 6.42 Å². The van der Waals surface area contributed by atoms with Gasteiger partial charge >= 0.3 is 5.97 Å². The predicted octanol–water partition coefficient (Wildman–Crippen LogP) is 3.80. The third-order valence-electron chi connectivity index (χ3n) is 2.14. The number of benzene rings is 1. The van der Waals surface area contributed by atoms with Gasteiger partial charge in [-0.05, 0) is 34.7 Å². The molecule has 0 saturated carbocycles. The maximum atomic E-state index is 10.6. The maximum absolute atomic E-state index is 10.6. The number of carbonyl (C=O) groups is 1. The summed E-state index contributed by atoms with van der Waals surface area (Å²) in [4.78, 5) is 11.7. The van der Waals surface area contributed by atoms with Crippen molar-refractivity contribution in [2.24, 2.45) is 0 Å². The molecule has 2 nitrogen and oxygen atoms in total. The van der Waals surface area contributed by atoms with Crippen LogP contribution in [0, 0.1) is 0 Å². The lowest BCUT2D eigenvalue weighted by Gasteiger charge is -1.96. The molecule has 0 unspecified atom stereocenters. The van der Waals surface area contributed by atoms with Crippen LogP contribution in [0.1, 0.15) is 5.56 Å². The molecule has 0 spiro atoms. The molecule has 1 aromatic carbocycles. The average Bonchev–Trinajstić information content (AvgIpc) is 2.66. The monoisotopic (exact) mass is 296 g/mol. The molecule has 0 bridgehead atoms. The van der Waals surface area contributed by atoms with Gasteiger partial charge in [0.25, 0.3) is 0 Å². The molecular formula is C12H9BrO2S. The molecule has 2 rings (SSSR count). The van der Waals surface area contributed by atoms with Gasteiger partial charge in [0.15, 0.2) is 0 Å². The molecule has 0 radical (unpaired) electrons. The summed E-state index contributed by atoms with van der Waals surface area (Å²) in [7, 11) is 0. The smallest absolute Gasteiger partial charge is 0.307 e. The number of hydrogen-bond acceptors (Lipinski definition) is 2. The molecule has 0 atom stereocenters. The molecule has 0 aliphatic carbocycles. The molecule has 82 valence electrons. The SMILES string of the molecule is O=C(O)Cc1csc(-c2ccc(Br)cc2)c1. The van der Waals surface area contributed by atoms with E-state index in [0.717, 1.165) is 20.5 Å². The highest BCUT2D eigenvalue weighted by atomic mass is 79.9. The first-order valence-electron chi connectivity index (χ1n) is 4.70. The molecule has 0 saturated heterocycles.